The van der Waals surface area contributed by atoms with Crippen LogP contribution < -0.4 is 5.32 Å². The Bertz CT molecular complexity index is 434. The Morgan fingerprint density at radius 2 is 2.21 bits per heavy atom. The van der Waals surface area contributed by atoms with Crippen LogP contribution in [0.15, 0.2) is 18.2 Å². The van der Waals surface area contributed by atoms with Gasteiger partial charge in [-0.05, 0) is 31.0 Å². The maximum Gasteiger partial charge on any atom is 0.183 e. The van der Waals surface area contributed by atoms with E-state index in [0.29, 0.717) is 0 Å². The Labute approximate surface area is 88.0 Å². The van der Waals surface area contributed by atoms with Gasteiger partial charge in [-0.2, -0.15) is 0 Å². The zero-order valence-corrected chi connectivity index (χ0v) is 9.32. The molecule has 2 aromatic rings. The van der Waals surface area contributed by atoms with Crippen molar-refractivity contribution < 1.29 is 0 Å². The van der Waals surface area contributed by atoms with Crippen LogP contribution >= 0.6 is 11.3 Å². The first-order valence-corrected chi connectivity index (χ1v) is 5.78. The monoisotopic (exact) mass is 206 g/mol. The summed E-state index contributed by atoms with van der Waals surface area (Å²) in [6.45, 7) is 5.19. The van der Waals surface area contributed by atoms with E-state index in [1.807, 2.05) is 0 Å². The van der Waals surface area contributed by atoms with Crippen molar-refractivity contribution in [1.29, 1.82) is 0 Å². The molecule has 3 heteroatoms. The van der Waals surface area contributed by atoms with Crippen LogP contribution in [0.2, 0.25) is 0 Å². The van der Waals surface area contributed by atoms with Gasteiger partial charge in [0.15, 0.2) is 5.13 Å². The molecule has 0 amide bonds. The van der Waals surface area contributed by atoms with Crippen molar-refractivity contribution in [3.63, 3.8) is 0 Å². The van der Waals surface area contributed by atoms with Gasteiger partial charge in [0.05, 0.1) is 10.2 Å². The minimum Gasteiger partial charge on any atom is -0.362 e. The van der Waals surface area contributed by atoms with Gasteiger partial charge < -0.3 is 5.32 Å². The van der Waals surface area contributed by atoms with Gasteiger partial charge >= 0.3 is 0 Å². The average Bonchev–Trinajstić information content (AvgIpc) is 2.59. The van der Waals surface area contributed by atoms with Gasteiger partial charge in [0.1, 0.15) is 0 Å². The molecule has 0 unspecified atom stereocenters. The molecule has 74 valence electrons. The highest BCUT2D eigenvalue weighted by atomic mass is 32.1. The number of hydrogen-bond acceptors (Lipinski definition) is 3. The Kier molecular flexibility index (Phi) is 2.68. The van der Waals surface area contributed by atoms with Crippen molar-refractivity contribution in [2.45, 2.75) is 20.3 Å². The highest BCUT2D eigenvalue weighted by Gasteiger charge is 2.02. The van der Waals surface area contributed by atoms with Crippen LogP contribution in [0.4, 0.5) is 5.13 Å². The van der Waals surface area contributed by atoms with E-state index in [9.17, 15) is 0 Å². The van der Waals surface area contributed by atoms with E-state index in [4.69, 9.17) is 0 Å². The van der Waals surface area contributed by atoms with Crippen LogP contribution in [0.25, 0.3) is 10.2 Å². The maximum absolute atomic E-state index is 4.49. The first-order valence-electron chi connectivity index (χ1n) is 4.96. The summed E-state index contributed by atoms with van der Waals surface area (Å²) >= 11 is 1.73. The molecular weight excluding hydrogens is 192 g/mol. The molecule has 0 saturated heterocycles. The number of aryl methyl sites for hydroxylation is 1. The van der Waals surface area contributed by atoms with Gasteiger partial charge in [0.25, 0.3) is 0 Å². The fraction of sp³-hybridized carbons (Fsp3) is 0.364. The number of thiazole rings is 1. The molecule has 0 atom stereocenters. The quantitative estimate of drug-likeness (QED) is 0.833. The predicted octanol–water partition coefficient (Wildman–Crippen LogP) is 3.29. The molecule has 0 aliphatic carbocycles. The number of nitrogens with one attached hydrogen (secondary N) is 1. The number of rotatable bonds is 3. The molecule has 0 saturated carbocycles. The minimum atomic E-state index is 0.931. The van der Waals surface area contributed by atoms with Crippen molar-refractivity contribution in [2.75, 3.05) is 11.9 Å². The van der Waals surface area contributed by atoms with E-state index < -0.39 is 0 Å². The summed E-state index contributed by atoms with van der Waals surface area (Å²) in [4.78, 5) is 4.49. The van der Waals surface area contributed by atoms with Crippen molar-refractivity contribution in [1.82, 2.24) is 4.98 Å². The van der Waals surface area contributed by atoms with Gasteiger partial charge in [-0.25, -0.2) is 4.98 Å². The lowest BCUT2D eigenvalue weighted by molar-refractivity contribution is 1.15. The molecule has 1 heterocycles. The molecule has 0 bridgehead atoms. The summed E-state index contributed by atoms with van der Waals surface area (Å²) in [5.41, 5.74) is 2.48. The molecule has 14 heavy (non-hydrogen) atoms. The molecule has 1 N–H and O–H groups in total. The van der Waals surface area contributed by atoms with Gasteiger partial charge in [0.2, 0.25) is 0 Å². The number of fused-ring (bicyclic) bond motifs is 1. The Hall–Kier alpha value is -1.09. The van der Waals surface area contributed by atoms with Crippen LogP contribution in [0.5, 0.6) is 0 Å². The normalized spacial score (nSPS) is 10.7. The molecule has 0 spiro atoms. The standard InChI is InChI=1S/C11H14N2S/c1-3-8-5-6-9-10(7-8)14-11(13-9)12-4-2/h5-7H,3-4H2,1-2H3,(H,12,13). The largest absolute Gasteiger partial charge is 0.362 e. The third-order valence-electron chi connectivity index (χ3n) is 2.19. The summed E-state index contributed by atoms with van der Waals surface area (Å²) in [6.07, 6.45) is 1.09. The SMILES string of the molecule is CCNc1nc2ccc(CC)cc2s1. The lowest BCUT2D eigenvalue weighted by atomic mass is 10.2. The minimum absolute atomic E-state index is 0.931. The number of aromatic nitrogens is 1. The second-order valence-electron chi connectivity index (χ2n) is 3.20. The second kappa shape index (κ2) is 3.96. The molecule has 2 nitrogen and oxygen atoms in total. The second-order valence-corrected chi connectivity index (χ2v) is 4.24. The third-order valence-corrected chi connectivity index (χ3v) is 3.16. The zero-order chi connectivity index (χ0) is 9.97. The number of anilines is 1. The van der Waals surface area contributed by atoms with Gasteiger partial charge in [-0.15, -0.1) is 0 Å². The molecule has 2 rings (SSSR count). The summed E-state index contributed by atoms with van der Waals surface area (Å²) < 4.78 is 1.28. The van der Waals surface area contributed by atoms with Crippen LogP contribution in [-0.4, -0.2) is 11.5 Å². The summed E-state index contributed by atoms with van der Waals surface area (Å²) in [6, 6.07) is 6.48. The lowest BCUT2D eigenvalue weighted by Gasteiger charge is -1.93. The highest BCUT2D eigenvalue weighted by molar-refractivity contribution is 7.22. The first-order chi connectivity index (χ1) is 6.83. The fourth-order valence-corrected chi connectivity index (χ4v) is 2.41. The zero-order valence-electron chi connectivity index (χ0n) is 8.50. The van der Waals surface area contributed by atoms with Crippen molar-refractivity contribution in [2.24, 2.45) is 0 Å². The number of benzene rings is 1. The molecule has 0 aliphatic rings. The third kappa shape index (κ3) is 1.73. The number of hydrogen-bond donors (Lipinski definition) is 1. The van der Waals surface area contributed by atoms with E-state index in [0.717, 1.165) is 23.6 Å². The Morgan fingerprint density at radius 3 is 2.93 bits per heavy atom. The molecule has 0 fully saturated rings. The molecular formula is C11H14N2S. The highest BCUT2D eigenvalue weighted by Crippen LogP contribution is 2.26. The lowest BCUT2D eigenvalue weighted by Crippen LogP contribution is -1.94. The van der Waals surface area contributed by atoms with E-state index >= 15 is 0 Å². The Morgan fingerprint density at radius 1 is 1.36 bits per heavy atom. The van der Waals surface area contributed by atoms with Crippen LogP contribution in [0.3, 0.4) is 0 Å². The van der Waals surface area contributed by atoms with Crippen LogP contribution in [0, 0.1) is 0 Å². The summed E-state index contributed by atoms with van der Waals surface area (Å²) in [5, 5.41) is 4.27. The van der Waals surface area contributed by atoms with Gasteiger partial charge in [0, 0.05) is 6.54 Å². The van der Waals surface area contributed by atoms with E-state index in [1.165, 1.54) is 10.3 Å². The summed E-state index contributed by atoms with van der Waals surface area (Å²) in [7, 11) is 0. The van der Waals surface area contributed by atoms with Crippen LogP contribution in [-0.2, 0) is 6.42 Å². The van der Waals surface area contributed by atoms with Crippen molar-refractivity contribution in [3.8, 4) is 0 Å². The molecule has 1 aromatic carbocycles. The maximum atomic E-state index is 4.49. The Balaban J connectivity index is 2.43. The average molecular weight is 206 g/mol. The topological polar surface area (TPSA) is 24.9 Å². The van der Waals surface area contributed by atoms with Crippen LogP contribution in [0.1, 0.15) is 19.4 Å². The van der Waals surface area contributed by atoms with E-state index in [1.54, 1.807) is 11.3 Å². The van der Waals surface area contributed by atoms with Gasteiger partial charge in [-0.1, -0.05) is 24.3 Å². The van der Waals surface area contributed by atoms with Crippen molar-refractivity contribution in [3.05, 3.63) is 23.8 Å². The predicted molar refractivity (Wildman–Crippen MR) is 63.2 cm³/mol. The summed E-state index contributed by atoms with van der Waals surface area (Å²) in [5.74, 6) is 0. The van der Waals surface area contributed by atoms with E-state index in [2.05, 4.69) is 42.3 Å². The number of nitrogens with zero attached hydrogens (tertiary/aromatic N) is 1. The molecule has 1 aromatic heterocycles. The van der Waals surface area contributed by atoms with E-state index in [-0.39, 0.29) is 0 Å². The molecule has 0 radical (unpaired) electrons. The van der Waals surface area contributed by atoms with Crippen molar-refractivity contribution >= 4 is 26.7 Å². The van der Waals surface area contributed by atoms with Gasteiger partial charge in [-0.3, -0.25) is 0 Å². The first kappa shape index (κ1) is 9.46. The molecule has 0 aliphatic heterocycles. The fourth-order valence-electron chi connectivity index (χ4n) is 1.42. The smallest absolute Gasteiger partial charge is 0.183 e.